The maximum absolute atomic E-state index is 11.3. The lowest BCUT2D eigenvalue weighted by molar-refractivity contribution is -0.178. The van der Waals surface area contributed by atoms with Crippen molar-refractivity contribution in [3.8, 4) is 0 Å². The molecule has 0 unspecified atom stereocenters. The van der Waals surface area contributed by atoms with Crippen LogP contribution >= 0.6 is 0 Å². The molecular weight excluding hydrogens is 304 g/mol. The van der Waals surface area contributed by atoms with Crippen molar-refractivity contribution in [1.29, 1.82) is 0 Å². The summed E-state index contributed by atoms with van der Waals surface area (Å²) < 4.78 is 10.4. The highest BCUT2D eigenvalue weighted by atomic mass is 16.7. The second-order valence-electron chi connectivity index (χ2n) is 6.20. The van der Waals surface area contributed by atoms with E-state index in [2.05, 4.69) is 19.1 Å². The van der Waals surface area contributed by atoms with Crippen LogP contribution in [-0.2, 0) is 25.5 Å². The van der Waals surface area contributed by atoms with E-state index in [4.69, 9.17) is 9.47 Å². The number of carbonyl (C=O) groups is 2. The predicted molar refractivity (Wildman–Crippen MR) is 95.2 cm³/mol. The molecule has 0 aromatic heterocycles. The highest BCUT2D eigenvalue weighted by Crippen LogP contribution is 2.23. The van der Waals surface area contributed by atoms with Crippen molar-refractivity contribution in [1.82, 2.24) is 0 Å². The van der Waals surface area contributed by atoms with Crippen molar-refractivity contribution in [3.63, 3.8) is 0 Å². The van der Waals surface area contributed by atoms with Crippen molar-refractivity contribution < 1.29 is 19.1 Å². The number of hydrogen-bond donors (Lipinski definition) is 0. The third-order valence-corrected chi connectivity index (χ3v) is 3.59. The Labute approximate surface area is 144 Å². The third-order valence-electron chi connectivity index (χ3n) is 3.59. The first kappa shape index (κ1) is 19.9. The number of benzene rings is 1. The highest BCUT2D eigenvalue weighted by Gasteiger charge is 2.23. The molecular formula is C20H28O4. The van der Waals surface area contributed by atoms with Gasteiger partial charge in [-0.1, -0.05) is 51.5 Å². The molecule has 0 saturated heterocycles. The summed E-state index contributed by atoms with van der Waals surface area (Å²) in [5, 5.41) is 0. The van der Waals surface area contributed by atoms with Crippen LogP contribution in [0.5, 0.6) is 0 Å². The van der Waals surface area contributed by atoms with Gasteiger partial charge < -0.3 is 9.47 Å². The topological polar surface area (TPSA) is 52.6 Å². The zero-order chi connectivity index (χ0) is 18.1. The summed E-state index contributed by atoms with van der Waals surface area (Å²) in [4.78, 5) is 22.7. The van der Waals surface area contributed by atoms with Crippen molar-refractivity contribution in [2.75, 3.05) is 0 Å². The van der Waals surface area contributed by atoms with Gasteiger partial charge in [-0.3, -0.25) is 9.59 Å². The second-order valence-corrected chi connectivity index (χ2v) is 6.20. The molecule has 4 nitrogen and oxygen atoms in total. The number of unbranched alkanes of at least 4 members (excludes halogenated alkanes) is 1. The molecule has 0 amide bonds. The Morgan fingerprint density at radius 2 is 1.75 bits per heavy atom. The number of ether oxygens (including phenoxy) is 2. The summed E-state index contributed by atoms with van der Waals surface area (Å²) in [5.74, 6) is -0.901. The average Bonchev–Trinajstić information content (AvgIpc) is 2.49. The first-order valence-electron chi connectivity index (χ1n) is 8.48. The van der Waals surface area contributed by atoms with Gasteiger partial charge in [0.1, 0.15) is 0 Å². The number of esters is 2. The lowest BCUT2D eigenvalue weighted by Crippen LogP contribution is -2.26. The minimum atomic E-state index is -0.987. The number of rotatable bonds is 8. The minimum Gasteiger partial charge on any atom is -0.421 e. The molecule has 0 heterocycles. The Balaban J connectivity index is 3.13. The van der Waals surface area contributed by atoms with Gasteiger partial charge in [0.05, 0.1) is 0 Å². The molecule has 1 aromatic rings. The van der Waals surface area contributed by atoms with E-state index in [9.17, 15) is 9.59 Å². The molecule has 132 valence electrons. The van der Waals surface area contributed by atoms with Gasteiger partial charge in [-0.2, -0.15) is 0 Å². The van der Waals surface area contributed by atoms with E-state index in [0.717, 1.165) is 30.4 Å². The monoisotopic (exact) mass is 332 g/mol. The van der Waals surface area contributed by atoms with Crippen LogP contribution in [0.3, 0.4) is 0 Å². The molecule has 0 saturated carbocycles. The van der Waals surface area contributed by atoms with Gasteiger partial charge in [-0.05, 0) is 36.0 Å². The second kappa shape index (κ2) is 9.91. The van der Waals surface area contributed by atoms with E-state index in [1.54, 1.807) is 0 Å². The van der Waals surface area contributed by atoms with Gasteiger partial charge in [-0.25, -0.2) is 0 Å². The van der Waals surface area contributed by atoms with Crippen LogP contribution in [0.15, 0.2) is 29.8 Å². The van der Waals surface area contributed by atoms with Gasteiger partial charge in [-0.15, -0.1) is 0 Å². The summed E-state index contributed by atoms with van der Waals surface area (Å²) >= 11 is 0. The quantitative estimate of drug-likeness (QED) is 0.519. The lowest BCUT2D eigenvalue weighted by atomic mass is 9.98. The Morgan fingerprint density at radius 3 is 2.25 bits per heavy atom. The van der Waals surface area contributed by atoms with Crippen molar-refractivity contribution >= 4 is 18.0 Å². The number of carbonyl (C=O) groups excluding carboxylic acids is 2. The first-order chi connectivity index (χ1) is 11.3. The van der Waals surface area contributed by atoms with Crippen LogP contribution in [0.2, 0.25) is 0 Å². The fourth-order valence-corrected chi connectivity index (χ4v) is 2.38. The fraction of sp³-hybridized carbons (Fsp3) is 0.500. The van der Waals surface area contributed by atoms with Crippen LogP contribution in [0.4, 0.5) is 0 Å². The minimum absolute atomic E-state index is 0.0630. The SMILES string of the molecule is CCCCc1cccc(C=C(C(C)C)C(OC(C)=O)OC(C)=O)c1. The number of aryl methyl sites for hydroxylation is 1. The highest BCUT2D eigenvalue weighted by molar-refractivity contribution is 5.69. The Bertz CT molecular complexity index is 571. The Morgan fingerprint density at radius 1 is 1.12 bits per heavy atom. The molecule has 0 aliphatic carbocycles. The van der Waals surface area contributed by atoms with Crippen LogP contribution in [0.25, 0.3) is 6.08 Å². The fourth-order valence-electron chi connectivity index (χ4n) is 2.38. The van der Waals surface area contributed by atoms with Crippen LogP contribution < -0.4 is 0 Å². The smallest absolute Gasteiger partial charge is 0.305 e. The first-order valence-corrected chi connectivity index (χ1v) is 8.48. The van der Waals surface area contributed by atoms with E-state index >= 15 is 0 Å². The predicted octanol–water partition coefficient (Wildman–Crippen LogP) is 4.52. The Hall–Kier alpha value is -2.10. The van der Waals surface area contributed by atoms with Crippen molar-refractivity contribution in [2.24, 2.45) is 5.92 Å². The molecule has 0 spiro atoms. The van der Waals surface area contributed by atoms with Gasteiger partial charge in [0.15, 0.2) is 0 Å². The molecule has 0 bridgehead atoms. The van der Waals surface area contributed by atoms with E-state index < -0.39 is 18.2 Å². The molecule has 0 radical (unpaired) electrons. The molecule has 4 heteroatoms. The molecule has 1 rings (SSSR count). The maximum Gasteiger partial charge on any atom is 0.305 e. The Kier molecular flexibility index (Phi) is 8.24. The van der Waals surface area contributed by atoms with Gasteiger partial charge >= 0.3 is 11.9 Å². The van der Waals surface area contributed by atoms with Crippen molar-refractivity contribution in [3.05, 3.63) is 41.0 Å². The molecule has 0 atom stereocenters. The summed E-state index contributed by atoms with van der Waals surface area (Å²) in [6.45, 7) is 8.74. The van der Waals surface area contributed by atoms with E-state index in [0.29, 0.717) is 0 Å². The zero-order valence-electron chi connectivity index (χ0n) is 15.3. The zero-order valence-corrected chi connectivity index (χ0v) is 15.3. The molecule has 0 aliphatic rings. The van der Waals surface area contributed by atoms with Gasteiger partial charge in [0.2, 0.25) is 0 Å². The lowest BCUT2D eigenvalue weighted by Gasteiger charge is -2.22. The van der Waals surface area contributed by atoms with Crippen molar-refractivity contribution in [2.45, 2.75) is 60.2 Å². The maximum atomic E-state index is 11.3. The summed E-state index contributed by atoms with van der Waals surface area (Å²) in [7, 11) is 0. The van der Waals surface area contributed by atoms with E-state index in [1.807, 2.05) is 32.1 Å². The van der Waals surface area contributed by atoms with Crippen LogP contribution in [0.1, 0.15) is 58.6 Å². The largest absolute Gasteiger partial charge is 0.421 e. The van der Waals surface area contributed by atoms with Gasteiger partial charge in [0.25, 0.3) is 6.29 Å². The molecule has 1 aromatic carbocycles. The molecule has 24 heavy (non-hydrogen) atoms. The van der Waals surface area contributed by atoms with Crippen LogP contribution in [-0.4, -0.2) is 18.2 Å². The summed E-state index contributed by atoms with van der Waals surface area (Å²) in [6.07, 6.45) is 4.29. The molecule has 0 N–H and O–H groups in total. The molecule has 0 aliphatic heterocycles. The third kappa shape index (κ3) is 6.99. The van der Waals surface area contributed by atoms with E-state index in [1.165, 1.54) is 19.4 Å². The van der Waals surface area contributed by atoms with E-state index in [-0.39, 0.29) is 5.92 Å². The summed E-state index contributed by atoms with van der Waals surface area (Å²) in [5.41, 5.74) is 3.04. The van der Waals surface area contributed by atoms with Crippen LogP contribution in [0, 0.1) is 5.92 Å². The number of hydrogen-bond acceptors (Lipinski definition) is 4. The normalized spacial score (nSPS) is 11.7. The standard InChI is InChI=1S/C20H28O4/c1-6-7-9-17-10-8-11-18(12-17)13-19(14(2)3)20(23-15(4)21)24-16(5)22/h8,10-14,20H,6-7,9H2,1-5H3. The summed E-state index contributed by atoms with van der Waals surface area (Å²) in [6, 6.07) is 8.24. The van der Waals surface area contributed by atoms with Gasteiger partial charge in [0, 0.05) is 19.4 Å². The average molecular weight is 332 g/mol. The molecule has 0 fully saturated rings.